The summed E-state index contributed by atoms with van der Waals surface area (Å²) in [6.07, 6.45) is -4.41. The van der Waals surface area contributed by atoms with E-state index in [1.165, 1.54) is 6.92 Å². The summed E-state index contributed by atoms with van der Waals surface area (Å²) in [5.41, 5.74) is 0.855. The van der Waals surface area contributed by atoms with E-state index in [1.54, 1.807) is 25.1 Å². The molecule has 3 nitrogen and oxygen atoms in total. The van der Waals surface area contributed by atoms with Crippen LogP contribution in [0.15, 0.2) is 24.3 Å². The zero-order valence-corrected chi connectivity index (χ0v) is 11.8. The molecule has 0 aromatic heterocycles. The zero-order valence-electron chi connectivity index (χ0n) is 11.1. The molecule has 112 valence electrons. The lowest BCUT2D eigenvalue weighted by Crippen LogP contribution is -2.45. The first-order valence-corrected chi connectivity index (χ1v) is 6.43. The van der Waals surface area contributed by atoms with Crippen LogP contribution in [-0.4, -0.2) is 24.7 Å². The Morgan fingerprint density at radius 3 is 2.55 bits per heavy atom. The van der Waals surface area contributed by atoms with Crippen LogP contribution in [-0.2, 0) is 4.79 Å². The fourth-order valence-corrected chi connectivity index (χ4v) is 1.86. The van der Waals surface area contributed by atoms with Gasteiger partial charge >= 0.3 is 6.18 Å². The van der Waals surface area contributed by atoms with Gasteiger partial charge in [-0.05, 0) is 31.5 Å². The molecule has 0 saturated heterocycles. The van der Waals surface area contributed by atoms with E-state index in [9.17, 15) is 18.0 Å². The average Bonchev–Trinajstić information content (AvgIpc) is 2.34. The van der Waals surface area contributed by atoms with Gasteiger partial charge in [0, 0.05) is 11.1 Å². The van der Waals surface area contributed by atoms with Crippen LogP contribution in [0, 0.1) is 0 Å². The summed E-state index contributed by atoms with van der Waals surface area (Å²) < 4.78 is 36.0. The highest BCUT2D eigenvalue weighted by Gasteiger charge is 2.28. The normalized spacial score (nSPS) is 14.7. The van der Waals surface area contributed by atoms with E-state index in [-0.39, 0.29) is 6.04 Å². The maximum atomic E-state index is 12.0. The van der Waals surface area contributed by atoms with Gasteiger partial charge in [0.2, 0.25) is 5.91 Å². The molecular formula is C13H16ClF3N2O. The quantitative estimate of drug-likeness (QED) is 0.878. The first-order valence-electron chi connectivity index (χ1n) is 6.05. The van der Waals surface area contributed by atoms with Gasteiger partial charge in [-0.3, -0.25) is 10.1 Å². The zero-order chi connectivity index (χ0) is 15.3. The first kappa shape index (κ1) is 16.8. The summed E-state index contributed by atoms with van der Waals surface area (Å²) in [4.78, 5) is 11.5. The Balaban J connectivity index is 2.53. The molecule has 0 bridgehead atoms. The van der Waals surface area contributed by atoms with Crippen molar-refractivity contribution in [2.45, 2.75) is 32.1 Å². The van der Waals surface area contributed by atoms with Crippen LogP contribution in [0.25, 0.3) is 0 Å². The van der Waals surface area contributed by atoms with E-state index in [4.69, 9.17) is 11.6 Å². The Hall–Kier alpha value is -1.27. The first-order chi connectivity index (χ1) is 9.19. The van der Waals surface area contributed by atoms with Crippen molar-refractivity contribution in [3.05, 3.63) is 34.9 Å². The molecule has 0 radical (unpaired) electrons. The van der Waals surface area contributed by atoms with E-state index < -0.39 is 24.7 Å². The molecule has 7 heteroatoms. The van der Waals surface area contributed by atoms with E-state index in [0.717, 1.165) is 5.56 Å². The highest BCUT2D eigenvalue weighted by atomic mass is 35.5. The molecule has 0 aliphatic heterocycles. The fourth-order valence-electron chi connectivity index (χ4n) is 1.66. The minimum Gasteiger partial charge on any atom is -0.346 e. The van der Waals surface area contributed by atoms with Crippen LogP contribution in [0.1, 0.15) is 25.5 Å². The molecule has 1 aromatic carbocycles. The maximum absolute atomic E-state index is 12.0. The van der Waals surface area contributed by atoms with Gasteiger partial charge in [-0.1, -0.05) is 23.7 Å². The lowest BCUT2D eigenvalue weighted by molar-refractivity contribution is -0.139. The van der Waals surface area contributed by atoms with Crippen molar-refractivity contribution in [1.82, 2.24) is 10.6 Å². The van der Waals surface area contributed by atoms with Crippen LogP contribution >= 0.6 is 11.6 Å². The molecule has 20 heavy (non-hydrogen) atoms. The number of rotatable bonds is 5. The topological polar surface area (TPSA) is 41.1 Å². The summed E-state index contributed by atoms with van der Waals surface area (Å²) in [5, 5.41) is 5.32. The van der Waals surface area contributed by atoms with Crippen LogP contribution in [0.5, 0.6) is 0 Å². The molecule has 2 N–H and O–H groups in total. The van der Waals surface area contributed by atoms with Crippen molar-refractivity contribution in [3.63, 3.8) is 0 Å². The van der Waals surface area contributed by atoms with Crippen LogP contribution in [0.3, 0.4) is 0 Å². The minimum atomic E-state index is -4.41. The third-order valence-corrected chi connectivity index (χ3v) is 2.94. The van der Waals surface area contributed by atoms with E-state index in [1.807, 2.05) is 11.4 Å². The average molecular weight is 309 g/mol. The van der Waals surface area contributed by atoms with Crippen molar-refractivity contribution >= 4 is 17.5 Å². The smallest absolute Gasteiger partial charge is 0.346 e. The van der Waals surface area contributed by atoms with Gasteiger partial charge in [0.05, 0.1) is 6.04 Å². The van der Waals surface area contributed by atoms with Gasteiger partial charge in [-0.2, -0.15) is 13.2 Å². The molecule has 0 aliphatic rings. The summed E-state index contributed by atoms with van der Waals surface area (Å²) >= 11 is 5.86. The number of alkyl halides is 3. The molecule has 0 heterocycles. The lowest BCUT2D eigenvalue weighted by Gasteiger charge is -2.20. The van der Waals surface area contributed by atoms with E-state index in [2.05, 4.69) is 5.32 Å². The Morgan fingerprint density at radius 2 is 2.00 bits per heavy atom. The second-order valence-corrected chi connectivity index (χ2v) is 4.93. The molecule has 0 aliphatic carbocycles. The number of halogens is 4. The van der Waals surface area contributed by atoms with Gasteiger partial charge < -0.3 is 5.32 Å². The van der Waals surface area contributed by atoms with E-state index >= 15 is 0 Å². The van der Waals surface area contributed by atoms with Gasteiger partial charge in [0.15, 0.2) is 0 Å². The van der Waals surface area contributed by atoms with Crippen molar-refractivity contribution in [2.24, 2.45) is 0 Å². The molecule has 0 spiro atoms. The van der Waals surface area contributed by atoms with Crippen molar-refractivity contribution < 1.29 is 18.0 Å². The van der Waals surface area contributed by atoms with Crippen LogP contribution in [0.2, 0.25) is 5.02 Å². The Labute approximate surface area is 120 Å². The molecule has 0 fully saturated rings. The summed E-state index contributed by atoms with van der Waals surface area (Å²) in [6.45, 7) is 1.98. The number of carbonyl (C=O) groups is 1. The molecular weight excluding hydrogens is 293 g/mol. The van der Waals surface area contributed by atoms with Crippen LogP contribution < -0.4 is 10.6 Å². The summed E-state index contributed by atoms with van der Waals surface area (Å²) in [7, 11) is 0. The number of nitrogens with one attached hydrogen (secondary N) is 2. The Bertz CT molecular complexity index is 465. The Morgan fingerprint density at radius 1 is 1.35 bits per heavy atom. The third-order valence-electron chi connectivity index (χ3n) is 2.71. The van der Waals surface area contributed by atoms with Crippen molar-refractivity contribution in [2.75, 3.05) is 6.54 Å². The molecule has 1 aromatic rings. The predicted octanol–water partition coefficient (Wildman–Crippen LogP) is 3.06. The molecule has 0 saturated carbocycles. The van der Waals surface area contributed by atoms with Gasteiger partial charge in [-0.15, -0.1) is 0 Å². The lowest BCUT2D eigenvalue weighted by atomic mass is 10.1. The molecule has 1 rings (SSSR count). The molecule has 1 amide bonds. The maximum Gasteiger partial charge on any atom is 0.405 e. The highest BCUT2D eigenvalue weighted by Crippen LogP contribution is 2.18. The van der Waals surface area contributed by atoms with E-state index in [0.29, 0.717) is 5.02 Å². The molecule has 2 atom stereocenters. The standard InChI is InChI=1S/C13H16ClF3N2O/c1-8(10-4-3-5-11(14)6-10)19-9(2)12(20)18-7-13(15,16)17/h3-6,8-9,19H,7H2,1-2H3,(H,18,20)/t8-,9?/m0/s1. The number of carbonyl (C=O) groups excluding carboxylic acids is 1. The largest absolute Gasteiger partial charge is 0.405 e. The van der Waals surface area contributed by atoms with Gasteiger partial charge in [-0.25, -0.2) is 0 Å². The number of hydrogen-bond donors (Lipinski definition) is 2. The number of benzene rings is 1. The Kier molecular flexibility index (Phi) is 5.83. The molecule has 1 unspecified atom stereocenters. The predicted molar refractivity (Wildman–Crippen MR) is 71.5 cm³/mol. The van der Waals surface area contributed by atoms with Gasteiger partial charge in [0.25, 0.3) is 0 Å². The van der Waals surface area contributed by atoms with Crippen molar-refractivity contribution in [1.29, 1.82) is 0 Å². The fraction of sp³-hybridized carbons (Fsp3) is 0.462. The SMILES string of the molecule is CC(N[C@@H](C)c1cccc(Cl)c1)C(=O)NCC(F)(F)F. The summed E-state index contributed by atoms with van der Waals surface area (Å²) in [6, 6.07) is 6.09. The monoisotopic (exact) mass is 308 g/mol. The van der Waals surface area contributed by atoms with Crippen molar-refractivity contribution in [3.8, 4) is 0 Å². The highest BCUT2D eigenvalue weighted by molar-refractivity contribution is 6.30. The second-order valence-electron chi connectivity index (χ2n) is 4.50. The summed E-state index contributed by atoms with van der Waals surface area (Å²) in [5.74, 6) is -0.698. The number of hydrogen-bond acceptors (Lipinski definition) is 2. The van der Waals surface area contributed by atoms with Gasteiger partial charge in [0.1, 0.15) is 6.54 Å². The third kappa shape index (κ3) is 5.79. The minimum absolute atomic E-state index is 0.208. The second kappa shape index (κ2) is 6.95. The number of amides is 1. The van der Waals surface area contributed by atoms with Crippen LogP contribution in [0.4, 0.5) is 13.2 Å².